The average molecular weight is 276 g/mol. The normalized spacial score (nSPS) is 9.83. The minimum atomic E-state index is 0.721. The highest BCUT2D eigenvalue weighted by Crippen LogP contribution is 2.19. The van der Waals surface area contributed by atoms with E-state index in [1.165, 1.54) is 12.0 Å². The van der Waals surface area contributed by atoms with Crippen molar-refractivity contribution in [3.05, 3.63) is 29.8 Å². The molecule has 0 heterocycles. The third-order valence-electron chi connectivity index (χ3n) is 1.70. The Morgan fingerprint density at radius 2 is 2.08 bits per heavy atom. The van der Waals surface area contributed by atoms with E-state index in [1.54, 1.807) is 0 Å². The van der Waals surface area contributed by atoms with Crippen molar-refractivity contribution >= 4 is 22.6 Å². The van der Waals surface area contributed by atoms with E-state index in [-0.39, 0.29) is 0 Å². The fourth-order valence-electron chi connectivity index (χ4n) is 1.18. The number of aryl methyl sites for hydroxylation is 1. The monoisotopic (exact) mass is 276 g/mol. The Morgan fingerprint density at radius 3 is 2.75 bits per heavy atom. The molecule has 0 atom stereocenters. The zero-order valence-electron chi connectivity index (χ0n) is 7.22. The van der Waals surface area contributed by atoms with Crippen LogP contribution in [0.4, 0.5) is 0 Å². The highest BCUT2D eigenvalue weighted by atomic mass is 127. The maximum Gasteiger partial charge on any atom is 0.139 e. The molecule has 0 aliphatic heterocycles. The van der Waals surface area contributed by atoms with E-state index in [4.69, 9.17) is 4.74 Å². The molecule has 1 nitrogen and oxygen atoms in total. The summed E-state index contributed by atoms with van der Waals surface area (Å²) in [4.78, 5) is 0. The van der Waals surface area contributed by atoms with Crippen LogP contribution in [0.15, 0.2) is 24.3 Å². The summed E-state index contributed by atoms with van der Waals surface area (Å²) in [5.74, 6) is 1.04. The Morgan fingerprint density at radius 1 is 1.33 bits per heavy atom. The van der Waals surface area contributed by atoms with Crippen LogP contribution in [0.1, 0.15) is 18.9 Å². The Kier molecular flexibility index (Phi) is 4.43. The first kappa shape index (κ1) is 9.84. The van der Waals surface area contributed by atoms with Crippen LogP contribution in [0, 0.1) is 0 Å². The van der Waals surface area contributed by atoms with Gasteiger partial charge in [-0.15, -0.1) is 0 Å². The second-order valence-corrected chi connectivity index (χ2v) is 3.23. The van der Waals surface area contributed by atoms with Gasteiger partial charge in [-0.25, -0.2) is 0 Å². The van der Waals surface area contributed by atoms with Crippen LogP contribution in [-0.2, 0) is 6.42 Å². The summed E-state index contributed by atoms with van der Waals surface area (Å²) < 4.78 is 6.20. The summed E-state index contributed by atoms with van der Waals surface area (Å²) in [6.07, 6.45) is 2.27. The van der Waals surface area contributed by atoms with Crippen molar-refractivity contribution in [1.29, 1.82) is 0 Å². The number of ether oxygens (including phenoxy) is 1. The van der Waals surface area contributed by atoms with Crippen molar-refractivity contribution in [2.24, 2.45) is 0 Å². The third kappa shape index (κ3) is 2.66. The van der Waals surface area contributed by atoms with Gasteiger partial charge in [0, 0.05) is 0 Å². The van der Waals surface area contributed by atoms with Crippen molar-refractivity contribution < 1.29 is 4.74 Å². The zero-order chi connectivity index (χ0) is 8.81. The van der Waals surface area contributed by atoms with Gasteiger partial charge in [0.05, 0.1) is 0 Å². The van der Waals surface area contributed by atoms with E-state index in [1.807, 2.05) is 12.1 Å². The molecule has 0 amide bonds. The Balaban J connectivity index is 2.77. The van der Waals surface area contributed by atoms with E-state index in [9.17, 15) is 0 Å². The second kappa shape index (κ2) is 5.41. The first-order valence-electron chi connectivity index (χ1n) is 4.15. The maximum atomic E-state index is 5.48. The zero-order valence-corrected chi connectivity index (χ0v) is 9.37. The van der Waals surface area contributed by atoms with Gasteiger partial charge in [-0.2, -0.15) is 0 Å². The van der Waals surface area contributed by atoms with Crippen LogP contribution in [0.25, 0.3) is 0 Å². The number of rotatable bonds is 4. The SMILES string of the molecule is CCCc1ccccc1OCI. The summed E-state index contributed by atoms with van der Waals surface area (Å²) >= 11 is 2.21. The second-order valence-electron chi connectivity index (χ2n) is 2.61. The molecular weight excluding hydrogens is 263 g/mol. The van der Waals surface area contributed by atoms with Crippen LogP contribution in [0.3, 0.4) is 0 Å². The summed E-state index contributed by atoms with van der Waals surface area (Å²) in [7, 11) is 0. The van der Waals surface area contributed by atoms with E-state index in [2.05, 4.69) is 41.6 Å². The molecule has 1 rings (SSSR count). The minimum Gasteiger partial charge on any atom is -0.483 e. The summed E-state index contributed by atoms with van der Waals surface area (Å²) in [5.41, 5.74) is 1.32. The molecule has 0 aliphatic rings. The topological polar surface area (TPSA) is 9.23 Å². The number of para-hydroxylation sites is 1. The van der Waals surface area contributed by atoms with Crippen LogP contribution in [-0.4, -0.2) is 4.61 Å². The van der Waals surface area contributed by atoms with Gasteiger partial charge >= 0.3 is 0 Å². The molecule has 0 bridgehead atoms. The molecule has 66 valence electrons. The third-order valence-corrected chi connectivity index (χ3v) is 2.01. The number of hydrogen-bond donors (Lipinski definition) is 0. The lowest BCUT2D eigenvalue weighted by molar-refractivity contribution is 0.399. The number of hydrogen-bond acceptors (Lipinski definition) is 1. The van der Waals surface area contributed by atoms with Crippen LogP contribution >= 0.6 is 22.6 Å². The standard InChI is InChI=1S/C10H13IO/c1-2-5-9-6-3-4-7-10(9)12-8-11/h3-4,6-7H,2,5,8H2,1H3. The Labute approximate surface area is 87.3 Å². The fourth-order valence-corrected chi connectivity index (χ4v) is 1.51. The Hall–Kier alpha value is -0.250. The van der Waals surface area contributed by atoms with Crippen LogP contribution in [0.5, 0.6) is 5.75 Å². The summed E-state index contributed by atoms with van der Waals surface area (Å²) in [6.45, 7) is 2.18. The van der Waals surface area contributed by atoms with Crippen LogP contribution in [0.2, 0.25) is 0 Å². The van der Waals surface area contributed by atoms with Gasteiger partial charge in [-0.05, 0) is 40.6 Å². The number of benzene rings is 1. The van der Waals surface area contributed by atoms with E-state index in [0.29, 0.717) is 0 Å². The van der Waals surface area contributed by atoms with Crippen molar-refractivity contribution in [3.63, 3.8) is 0 Å². The van der Waals surface area contributed by atoms with Crippen molar-refractivity contribution in [2.75, 3.05) is 4.61 Å². The minimum absolute atomic E-state index is 0.721. The molecule has 0 saturated heterocycles. The van der Waals surface area contributed by atoms with Gasteiger partial charge in [0.2, 0.25) is 0 Å². The van der Waals surface area contributed by atoms with Crippen molar-refractivity contribution in [2.45, 2.75) is 19.8 Å². The van der Waals surface area contributed by atoms with E-state index < -0.39 is 0 Å². The molecule has 0 radical (unpaired) electrons. The largest absolute Gasteiger partial charge is 0.483 e. The number of halogens is 1. The summed E-state index contributed by atoms with van der Waals surface area (Å²) in [5, 5.41) is 0. The molecule has 2 heteroatoms. The fraction of sp³-hybridized carbons (Fsp3) is 0.400. The van der Waals surface area contributed by atoms with Gasteiger partial charge in [-0.1, -0.05) is 31.5 Å². The lowest BCUT2D eigenvalue weighted by Gasteiger charge is -2.07. The molecule has 1 aromatic rings. The number of alkyl halides is 1. The molecule has 1 aromatic carbocycles. The molecular formula is C10H13IO. The van der Waals surface area contributed by atoms with Gasteiger partial charge in [0.1, 0.15) is 10.4 Å². The van der Waals surface area contributed by atoms with Gasteiger partial charge in [0.25, 0.3) is 0 Å². The first-order valence-corrected chi connectivity index (χ1v) is 5.67. The molecule has 0 aliphatic carbocycles. The highest BCUT2D eigenvalue weighted by molar-refractivity contribution is 14.1. The van der Waals surface area contributed by atoms with E-state index >= 15 is 0 Å². The molecule has 0 unspecified atom stereocenters. The first-order chi connectivity index (χ1) is 5.88. The molecule has 0 aromatic heterocycles. The predicted molar refractivity (Wildman–Crippen MR) is 60.0 cm³/mol. The highest BCUT2D eigenvalue weighted by Gasteiger charge is 1.99. The quantitative estimate of drug-likeness (QED) is 0.605. The van der Waals surface area contributed by atoms with E-state index in [0.717, 1.165) is 16.8 Å². The maximum absolute atomic E-state index is 5.48. The van der Waals surface area contributed by atoms with Gasteiger partial charge < -0.3 is 4.74 Å². The molecule has 0 saturated carbocycles. The van der Waals surface area contributed by atoms with Crippen LogP contribution < -0.4 is 4.74 Å². The van der Waals surface area contributed by atoms with Gasteiger partial charge in [0.15, 0.2) is 0 Å². The average Bonchev–Trinajstić information content (AvgIpc) is 2.09. The predicted octanol–water partition coefficient (Wildman–Crippen LogP) is 3.41. The molecule has 0 fully saturated rings. The smallest absolute Gasteiger partial charge is 0.139 e. The lowest BCUT2D eigenvalue weighted by Crippen LogP contribution is -1.93. The Bertz CT molecular complexity index is 210. The molecule has 0 spiro atoms. The lowest BCUT2D eigenvalue weighted by atomic mass is 10.1. The van der Waals surface area contributed by atoms with Crippen molar-refractivity contribution in [1.82, 2.24) is 0 Å². The molecule has 12 heavy (non-hydrogen) atoms. The molecule has 0 N–H and O–H groups in total. The van der Waals surface area contributed by atoms with Crippen molar-refractivity contribution in [3.8, 4) is 5.75 Å². The summed E-state index contributed by atoms with van der Waals surface area (Å²) in [6, 6.07) is 8.24. The van der Waals surface area contributed by atoms with Gasteiger partial charge in [-0.3, -0.25) is 0 Å².